The topological polar surface area (TPSA) is 55.1 Å². The number of thioether (sulfide) groups is 1. The summed E-state index contributed by atoms with van der Waals surface area (Å²) in [6.07, 6.45) is 5.02. The Balaban J connectivity index is 2.42. The summed E-state index contributed by atoms with van der Waals surface area (Å²) in [6.45, 7) is 0.501. The van der Waals surface area contributed by atoms with Crippen molar-refractivity contribution in [1.82, 2.24) is 5.32 Å². The maximum Gasteiger partial charge on any atom is 0.251 e. The van der Waals surface area contributed by atoms with Gasteiger partial charge in [0.2, 0.25) is 0 Å². The predicted molar refractivity (Wildman–Crippen MR) is 75.3 cm³/mol. The number of amides is 1. The van der Waals surface area contributed by atoms with Crippen molar-refractivity contribution in [1.29, 1.82) is 0 Å². The van der Waals surface area contributed by atoms with Gasteiger partial charge in [0.25, 0.3) is 5.91 Å². The number of hydrogen-bond acceptors (Lipinski definition) is 3. The maximum atomic E-state index is 13.2. The number of nitrogens with two attached hydrogens (primary N) is 1. The monoisotopic (exact) mass is 288 g/mol. The van der Waals surface area contributed by atoms with Gasteiger partial charge in [-0.1, -0.05) is 6.42 Å². The second kappa shape index (κ2) is 7.99. The molecular weight excluding hydrogens is 270 g/mol. The first kappa shape index (κ1) is 15.8. The minimum Gasteiger partial charge on any atom is -0.394 e. The molecule has 0 radical (unpaired) electrons. The maximum absolute atomic E-state index is 13.2. The lowest BCUT2D eigenvalue weighted by Gasteiger charge is -2.06. The smallest absolute Gasteiger partial charge is 0.251 e. The van der Waals surface area contributed by atoms with E-state index in [-0.39, 0.29) is 5.56 Å². The van der Waals surface area contributed by atoms with Gasteiger partial charge in [-0.2, -0.15) is 11.8 Å². The van der Waals surface area contributed by atoms with E-state index < -0.39 is 23.2 Å². The number of carbonyl (C=O) groups is 1. The first-order chi connectivity index (χ1) is 9.06. The Labute approximate surface area is 115 Å². The van der Waals surface area contributed by atoms with E-state index >= 15 is 0 Å². The number of halogens is 2. The Kier molecular flexibility index (Phi) is 6.62. The first-order valence-corrected chi connectivity index (χ1v) is 7.47. The van der Waals surface area contributed by atoms with Crippen LogP contribution < -0.4 is 11.1 Å². The Morgan fingerprint density at radius 3 is 2.47 bits per heavy atom. The van der Waals surface area contributed by atoms with Gasteiger partial charge in [-0.25, -0.2) is 8.78 Å². The second-order valence-electron chi connectivity index (χ2n) is 4.16. The van der Waals surface area contributed by atoms with Crippen LogP contribution in [0.1, 0.15) is 29.6 Å². The highest BCUT2D eigenvalue weighted by Crippen LogP contribution is 2.17. The van der Waals surface area contributed by atoms with Gasteiger partial charge in [0.15, 0.2) is 0 Å². The zero-order valence-corrected chi connectivity index (χ0v) is 11.7. The highest BCUT2D eigenvalue weighted by Gasteiger charge is 2.12. The third-order valence-electron chi connectivity index (χ3n) is 2.65. The van der Waals surface area contributed by atoms with Crippen molar-refractivity contribution in [2.24, 2.45) is 0 Å². The van der Waals surface area contributed by atoms with Crippen molar-refractivity contribution in [3.8, 4) is 0 Å². The number of nitrogens with one attached hydrogen (secondary N) is 1. The van der Waals surface area contributed by atoms with Crippen LogP contribution in [0.2, 0.25) is 0 Å². The van der Waals surface area contributed by atoms with Crippen LogP contribution >= 0.6 is 11.8 Å². The molecule has 0 heterocycles. The van der Waals surface area contributed by atoms with E-state index in [1.165, 1.54) is 0 Å². The molecule has 0 bridgehead atoms. The zero-order chi connectivity index (χ0) is 14.3. The van der Waals surface area contributed by atoms with Gasteiger partial charge in [-0.3, -0.25) is 4.79 Å². The fraction of sp³-hybridized carbons (Fsp3) is 0.462. The number of unbranched alkanes of at least 4 members (excludes halogenated alkanes) is 2. The summed E-state index contributed by atoms with van der Waals surface area (Å²) in [5.74, 6) is -1.21. The molecule has 3 N–H and O–H groups in total. The van der Waals surface area contributed by atoms with Gasteiger partial charge in [0.05, 0.1) is 0 Å². The molecule has 0 aromatic heterocycles. The van der Waals surface area contributed by atoms with E-state index in [2.05, 4.69) is 5.32 Å². The molecule has 1 aromatic carbocycles. The quantitative estimate of drug-likeness (QED) is 0.599. The van der Waals surface area contributed by atoms with E-state index in [0.29, 0.717) is 6.54 Å². The highest BCUT2D eigenvalue weighted by molar-refractivity contribution is 7.98. The lowest BCUT2D eigenvalue weighted by atomic mass is 10.1. The van der Waals surface area contributed by atoms with Crippen LogP contribution in [0.15, 0.2) is 12.1 Å². The summed E-state index contributed by atoms with van der Waals surface area (Å²) in [5.41, 5.74) is 4.53. The molecule has 106 valence electrons. The van der Waals surface area contributed by atoms with Crippen molar-refractivity contribution >= 4 is 23.4 Å². The minimum atomic E-state index is -0.912. The third-order valence-corrected chi connectivity index (χ3v) is 3.35. The van der Waals surface area contributed by atoms with E-state index in [4.69, 9.17) is 5.73 Å². The van der Waals surface area contributed by atoms with Crippen molar-refractivity contribution in [2.75, 3.05) is 24.3 Å². The molecule has 3 nitrogen and oxygen atoms in total. The molecule has 0 saturated carbocycles. The summed E-state index contributed by atoms with van der Waals surface area (Å²) >= 11 is 1.78. The molecule has 1 amide bonds. The fourth-order valence-electron chi connectivity index (χ4n) is 1.57. The molecule has 6 heteroatoms. The zero-order valence-electron chi connectivity index (χ0n) is 10.8. The van der Waals surface area contributed by atoms with E-state index in [9.17, 15) is 13.6 Å². The molecule has 0 spiro atoms. The Hall–Kier alpha value is -1.30. The molecule has 1 aromatic rings. The van der Waals surface area contributed by atoms with Crippen LogP contribution in [0.4, 0.5) is 14.5 Å². The lowest BCUT2D eigenvalue weighted by molar-refractivity contribution is 0.0952. The van der Waals surface area contributed by atoms with Crippen LogP contribution in [-0.2, 0) is 0 Å². The Morgan fingerprint density at radius 1 is 1.26 bits per heavy atom. The Bertz CT molecular complexity index is 418. The molecule has 1 rings (SSSR count). The summed E-state index contributed by atoms with van der Waals surface area (Å²) in [7, 11) is 0. The normalized spacial score (nSPS) is 10.5. The van der Waals surface area contributed by atoms with Crippen LogP contribution in [-0.4, -0.2) is 24.5 Å². The summed E-state index contributed by atoms with van der Waals surface area (Å²) in [5, 5.41) is 2.63. The second-order valence-corrected chi connectivity index (χ2v) is 5.15. The fourth-order valence-corrected chi connectivity index (χ4v) is 2.06. The van der Waals surface area contributed by atoms with Gasteiger partial charge in [-0.05, 0) is 37.0 Å². The lowest BCUT2D eigenvalue weighted by Crippen LogP contribution is -2.24. The standard InChI is InChI=1S/C13H18F2N2OS/c1-19-6-4-2-3-5-17-13(18)9-7-10(14)12(16)11(15)8-9/h7-8H,2-6,16H2,1H3,(H,17,18). The minimum absolute atomic E-state index is 0.0479. The molecular formula is C13H18F2N2OS. The van der Waals surface area contributed by atoms with E-state index in [1.807, 2.05) is 6.26 Å². The SMILES string of the molecule is CSCCCCCNC(=O)c1cc(F)c(N)c(F)c1. The molecule has 19 heavy (non-hydrogen) atoms. The molecule has 0 fully saturated rings. The van der Waals surface area contributed by atoms with Crippen molar-refractivity contribution in [3.63, 3.8) is 0 Å². The van der Waals surface area contributed by atoms with Crippen molar-refractivity contribution < 1.29 is 13.6 Å². The van der Waals surface area contributed by atoms with Gasteiger partial charge in [-0.15, -0.1) is 0 Å². The molecule has 0 aliphatic heterocycles. The van der Waals surface area contributed by atoms with Crippen molar-refractivity contribution in [3.05, 3.63) is 29.3 Å². The summed E-state index contributed by atoms with van der Waals surface area (Å²) in [4.78, 5) is 11.7. The Morgan fingerprint density at radius 2 is 1.89 bits per heavy atom. The average molecular weight is 288 g/mol. The number of benzene rings is 1. The number of carbonyl (C=O) groups excluding carboxylic acids is 1. The first-order valence-electron chi connectivity index (χ1n) is 6.08. The summed E-state index contributed by atoms with van der Waals surface area (Å²) < 4.78 is 26.4. The number of anilines is 1. The van der Waals surface area contributed by atoms with Crippen LogP contribution in [0.5, 0.6) is 0 Å². The summed E-state index contributed by atoms with van der Waals surface area (Å²) in [6, 6.07) is 1.89. The van der Waals surface area contributed by atoms with E-state index in [0.717, 1.165) is 37.1 Å². The molecule has 0 aliphatic carbocycles. The third kappa shape index (κ3) is 5.06. The molecule has 0 saturated heterocycles. The van der Waals surface area contributed by atoms with Crippen LogP contribution in [0.3, 0.4) is 0 Å². The van der Waals surface area contributed by atoms with Gasteiger partial charge in [0.1, 0.15) is 17.3 Å². The molecule has 0 unspecified atom stereocenters. The van der Waals surface area contributed by atoms with E-state index in [1.54, 1.807) is 11.8 Å². The molecule has 0 atom stereocenters. The number of rotatable bonds is 7. The van der Waals surface area contributed by atoms with Gasteiger partial charge >= 0.3 is 0 Å². The number of nitrogen functional groups attached to an aromatic ring is 1. The highest BCUT2D eigenvalue weighted by atomic mass is 32.2. The van der Waals surface area contributed by atoms with Crippen LogP contribution in [0, 0.1) is 11.6 Å². The number of hydrogen-bond donors (Lipinski definition) is 2. The predicted octanol–water partition coefficient (Wildman–Crippen LogP) is 2.81. The largest absolute Gasteiger partial charge is 0.394 e. The van der Waals surface area contributed by atoms with Crippen LogP contribution in [0.25, 0.3) is 0 Å². The van der Waals surface area contributed by atoms with Crippen molar-refractivity contribution in [2.45, 2.75) is 19.3 Å². The average Bonchev–Trinajstić information content (AvgIpc) is 2.39. The van der Waals surface area contributed by atoms with Gasteiger partial charge < -0.3 is 11.1 Å². The molecule has 0 aliphatic rings. The van der Waals surface area contributed by atoms with Gasteiger partial charge in [0, 0.05) is 12.1 Å².